The normalized spacial score (nSPS) is 20.2. The fraction of sp³-hybridized carbons (Fsp3) is 0.471. The van der Waals surface area contributed by atoms with E-state index in [0.29, 0.717) is 42.6 Å². The molecule has 138 valence electrons. The summed E-state index contributed by atoms with van der Waals surface area (Å²) in [5.74, 6) is -0.207. The van der Waals surface area contributed by atoms with Gasteiger partial charge in [-0.3, -0.25) is 14.3 Å². The Morgan fingerprint density at radius 1 is 1.12 bits per heavy atom. The fourth-order valence-electron chi connectivity index (χ4n) is 3.56. The summed E-state index contributed by atoms with van der Waals surface area (Å²) in [6.07, 6.45) is 3.48. The van der Waals surface area contributed by atoms with Gasteiger partial charge >= 0.3 is 0 Å². The number of halogens is 1. The number of aryl methyl sites for hydroxylation is 1. The molecule has 0 aliphatic carbocycles. The van der Waals surface area contributed by atoms with Crippen molar-refractivity contribution in [2.75, 3.05) is 26.2 Å². The van der Waals surface area contributed by atoms with Gasteiger partial charge in [0.2, 0.25) is 0 Å². The molecule has 2 aliphatic heterocycles. The summed E-state index contributed by atoms with van der Waals surface area (Å²) in [6, 6.07) is 3.37. The van der Waals surface area contributed by atoms with Gasteiger partial charge in [-0.25, -0.2) is 0 Å². The molecule has 2 aromatic rings. The summed E-state index contributed by atoms with van der Waals surface area (Å²) in [5, 5.41) is 4.93. The Balaban J connectivity index is 1.40. The van der Waals surface area contributed by atoms with Crippen molar-refractivity contribution in [3.8, 4) is 0 Å². The van der Waals surface area contributed by atoms with E-state index >= 15 is 0 Å². The predicted octanol–water partition coefficient (Wildman–Crippen LogP) is 1.26. The quantitative estimate of drug-likeness (QED) is 0.823. The number of rotatable bonds is 2. The van der Waals surface area contributed by atoms with Gasteiger partial charge < -0.3 is 20.5 Å². The van der Waals surface area contributed by atoms with Crippen LogP contribution in [-0.4, -0.2) is 62.6 Å². The van der Waals surface area contributed by atoms with Crippen LogP contribution < -0.4 is 5.73 Å². The van der Waals surface area contributed by atoms with E-state index in [1.165, 1.54) is 0 Å². The highest BCUT2D eigenvalue weighted by Gasteiger charge is 2.29. The third-order valence-corrected chi connectivity index (χ3v) is 5.25. The number of carbonyl (C=O) groups is 2. The van der Waals surface area contributed by atoms with E-state index in [4.69, 9.17) is 17.3 Å². The molecule has 1 saturated heterocycles. The molecule has 2 aliphatic rings. The van der Waals surface area contributed by atoms with Crippen LogP contribution in [-0.2, 0) is 6.54 Å². The van der Waals surface area contributed by atoms with Crippen molar-refractivity contribution >= 4 is 23.4 Å². The summed E-state index contributed by atoms with van der Waals surface area (Å²) >= 11 is 5.86. The molecular formula is C17H21ClN6O2. The zero-order chi connectivity index (χ0) is 18.3. The van der Waals surface area contributed by atoms with Gasteiger partial charge in [-0.2, -0.15) is 5.10 Å². The number of amides is 2. The maximum Gasteiger partial charge on any atom is 0.274 e. The number of fused-ring (bicyclic) bond motifs is 1. The van der Waals surface area contributed by atoms with Gasteiger partial charge in [0.25, 0.3) is 11.8 Å². The van der Waals surface area contributed by atoms with Crippen LogP contribution in [0.25, 0.3) is 0 Å². The lowest BCUT2D eigenvalue weighted by Gasteiger charge is -2.34. The summed E-state index contributed by atoms with van der Waals surface area (Å²) < 4.78 is 1.84. The minimum absolute atomic E-state index is 0.0557. The Morgan fingerprint density at radius 3 is 2.42 bits per heavy atom. The standard InChI is InChI=1S/C17H21ClN6O2/c18-11-8-13(20-10-11)16(25)22-4-6-23(7-5-22)17(26)14-9-15-12(19)2-1-3-24(15)21-14/h8-10,12,20H,1-7,19H2. The SMILES string of the molecule is NC1CCCn2nc(C(=O)N3CCN(C(=O)c4cc(Cl)c[nH]4)CC3)cc21. The molecule has 0 spiro atoms. The first kappa shape index (κ1) is 17.1. The van der Waals surface area contributed by atoms with E-state index in [-0.39, 0.29) is 17.9 Å². The highest BCUT2D eigenvalue weighted by atomic mass is 35.5. The largest absolute Gasteiger partial charge is 0.356 e. The van der Waals surface area contributed by atoms with Gasteiger partial charge in [-0.15, -0.1) is 0 Å². The third kappa shape index (κ3) is 3.10. The molecule has 1 unspecified atom stereocenters. The first-order chi connectivity index (χ1) is 12.5. The highest BCUT2D eigenvalue weighted by molar-refractivity contribution is 6.30. The highest BCUT2D eigenvalue weighted by Crippen LogP contribution is 2.24. The van der Waals surface area contributed by atoms with E-state index in [1.54, 1.807) is 22.1 Å². The number of nitrogens with zero attached hydrogens (tertiary/aromatic N) is 4. The average molecular weight is 377 g/mol. The molecule has 1 fully saturated rings. The van der Waals surface area contributed by atoms with Gasteiger partial charge in [-0.05, 0) is 25.0 Å². The number of nitrogens with two attached hydrogens (primary N) is 1. The van der Waals surface area contributed by atoms with Crippen LogP contribution in [0.4, 0.5) is 0 Å². The Morgan fingerprint density at radius 2 is 1.81 bits per heavy atom. The minimum atomic E-state index is -0.104. The Labute approximate surface area is 155 Å². The third-order valence-electron chi connectivity index (χ3n) is 5.03. The molecule has 0 saturated carbocycles. The van der Waals surface area contributed by atoms with Crippen LogP contribution in [0.2, 0.25) is 5.02 Å². The predicted molar refractivity (Wildman–Crippen MR) is 96.0 cm³/mol. The van der Waals surface area contributed by atoms with Gasteiger partial charge in [0, 0.05) is 45.0 Å². The molecule has 9 heteroatoms. The van der Waals surface area contributed by atoms with Crippen molar-refractivity contribution in [2.45, 2.75) is 25.4 Å². The molecule has 0 radical (unpaired) electrons. The summed E-state index contributed by atoms with van der Waals surface area (Å²) in [6.45, 7) is 2.72. The molecule has 1 atom stereocenters. The van der Waals surface area contributed by atoms with Crippen LogP contribution in [0.15, 0.2) is 18.3 Å². The molecule has 0 bridgehead atoms. The summed E-state index contributed by atoms with van der Waals surface area (Å²) in [5.41, 5.74) is 7.93. The molecule has 2 amide bonds. The zero-order valence-corrected chi connectivity index (χ0v) is 15.1. The van der Waals surface area contributed by atoms with E-state index in [2.05, 4.69) is 10.1 Å². The molecule has 4 heterocycles. The van der Waals surface area contributed by atoms with Crippen molar-refractivity contribution < 1.29 is 9.59 Å². The fourth-order valence-corrected chi connectivity index (χ4v) is 3.72. The second-order valence-corrected chi connectivity index (χ2v) is 7.18. The number of hydrogen-bond donors (Lipinski definition) is 2. The lowest BCUT2D eigenvalue weighted by atomic mass is 10.1. The Bertz CT molecular complexity index is 836. The number of piperazine rings is 1. The van der Waals surface area contributed by atoms with Crippen LogP contribution in [0.5, 0.6) is 0 Å². The molecular weight excluding hydrogens is 356 g/mol. The molecule has 4 rings (SSSR count). The molecule has 26 heavy (non-hydrogen) atoms. The van der Waals surface area contributed by atoms with E-state index < -0.39 is 0 Å². The van der Waals surface area contributed by atoms with E-state index in [9.17, 15) is 9.59 Å². The number of nitrogens with one attached hydrogen (secondary N) is 1. The number of aromatic nitrogens is 3. The maximum absolute atomic E-state index is 12.8. The number of carbonyl (C=O) groups excluding carboxylic acids is 2. The monoisotopic (exact) mass is 376 g/mol. The minimum Gasteiger partial charge on any atom is -0.356 e. The second-order valence-electron chi connectivity index (χ2n) is 6.74. The first-order valence-electron chi connectivity index (χ1n) is 8.79. The van der Waals surface area contributed by atoms with Gasteiger partial charge in [0.15, 0.2) is 5.69 Å². The van der Waals surface area contributed by atoms with E-state index in [1.807, 2.05) is 10.7 Å². The van der Waals surface area contributed by atoms with Crippen molar-refractivity contribution in [1.82, 2.24) is 24.6 Å². The smallest absolute Gasteiger partial charge is 0.274 e. The summed E-state index contributed by atoms with van der Waals surface area (Å²) in [7, 11) is 0. The van der Waals surface area contributed by atoms with Crippen LogP contribution >= 0.6 is 11.6 Å². The molecule has 8 nitrogen and oxygen atoms in total. The maximum atomic E-state index is 12.8. The topological polar surface area (TPSA) is 100 Å². The number of aromatic amines is 1. The Kier molecular flexibility index (Phi) is 4.46. The van der Waals surface area contributed by atoms with Gasteiger partial charge in [0.05, 0.1) is 10.7 Å². The van der Waals surface area contributed by atoms with Gasteiger partial charge in [0.1, 0.15) is 5.69 Å². The average Bonchev–Trinajstić information content (AvgIpc) is 3.28. The Hall–Kier alpha value is -2.32. The number of H-pyrrole nitrogens is 1. The first-order valence-corrected chi connectivity index (χ1v) is 9.16. The summed E-state index contributed by atoms with van der Waals surface area (Å²) in [4.78, 5) is 31.5. The van der Waals surface area contributed by atoms with Gasteiger partial charge in [-0.1, -0.05) is 11.6 Å². The zero-order valence-electron chi connectivity index (χ0n) is 14.3. The lowest BCUT2D eigenvalue weighted by Crippen LogP contribution is -2.50. The lowest BCUT2D eigenvalue weighted by molar-refractivity contribution is 0.0529. The van der Waals surface area contributed by atoms with Crippen LogP contribution in [0, 0.1) is 0 Å². The van der Waals surface area contributed by atoms with Crippen molar-refractivity contribution in [1.29, 1.82) is 0 Å². The van der Waals surface area contributed by atoms with Crippen molar-refractivity contribution in [3.63, 3.8) is 0 Å². The van der Waals surface area contributed by atoms with Crippen molar-refractivity contribution in [2.24, 2.45) is 5.73 Å². The molecule has 0 aromatic carbocycles. The van der Waals surface area contributed by atoms with Crippen LogP contribution in [0.1, 0.15) is 45.6 Å². The number of hydrogen-bond acceptors (Lipinski definition) is 4. The molecule has 2 aromatic heterocycles. The van der Waals surface area contributed by atoms with Crippen LogP contribution in [0.3, 0.4) is 0 Å². The van der Waals surface area contributed by atoms with E-state index in [0.717, 1.165) is 25.1 Å². The molecule has 3 N–H and O–H groups in total. The second kappa shape index (κ2) is 6.77. The van der Waals surface area contributed by atoms with Crippen molar-refractivity contribution in [3.05, 3.63) is 40.4 Å².